The van der Waals surface area contributed by atoms with Crippen molar-refractivity contribution in [3.05, 3.63) is 44.0 Å². The second kappa shape index (κ2) is 5.75. The van der Waals surface area contributed by atoms with Crippen molar-refractivity contribution in [2.45, 2.75) is 20.3 Å². The van der Waals surface area contributed by atoms with Crippen molar-refractivity contribution in [1.29, 1.82) is 0 Å². The maximum Gasteiger partial charge on any atom is 0.290 e. The molecule has 2 rings (SSSR count). The summed E-state index contributed by atoms with van der Waals surface area (Å²) in [7, 11) is 0. The SMILES string of the molecule is Cc1csc(CCNc2ccc([N+](=O)[O-])c(C)n2)n1. The Morgan fingerprint density at radius 1 is 1.37 bits per heavy atom. The Hall–Kier alpha value is -2.02. The molecular formula is C12H14N4O2S. The second-order valence-corrected chi connectivity index (χ2v) is 5.06. The van der Waals surface area contributed by atoms with E-state index >= 15 is 0 Å². The average molecular weight is 278 g/mol. The molecule has 1 N–H and O–H groups in total. The summed E-state index contributed by atoms with van der Waals surface area (Å²) in [6.07, 6.45) is 0.816. The van der Waals surface area contributed by atoms with Crippen LogP contribution in [-0.4, -0.2) is 21.4 Å². The number of pyridine rings is 1. The summed E-state index contributed by atoms with van der Waals surface area (Å²) in [6, 6.07) is 3.09. The molecule has 0 amide bonds. The number of hydrogen-bond donors (Lipinski definition) is 1. The van der Waals surface area contributed by atoms with Crippen molar-refractivity contribution < 1.29 is 4.92 Å². The lowest BCUT2D eigenvalue weighted by Crippen LogP contribution is -2.07. The van der Waals surface area contributed by atoms with Crippen LogP contribution in [0.5, 0.6) is 0 Å². The minimum absolute atomic E-state index is 0.0427. The van der Waals surface area contributed by atoms with Gasteiger partial charge in [-0.3, -0.25) is 10.1 Å². The summed E-state index contributed by atoms with van der Waals surface area (Å²) in [4.78, 5) is 18.8. The molecule has 19 heavy (non-hydrogen) atoms. The van der Waals surface area contributed by atoms with Crippen LogP contribution in [0, 0.1) is 24.0 Å². The molecule has 100 valence electrons. The highest BCUT2D eigenvalue weighted by molar-refractivity contribution is 7.09. The highest BCUT2D eigenvalue weighted by Crippen LogP contribution is 2.18. The first kappa shape index (κ1) is 13.4. The minimum Gasteiger partial charge on any atom is -0.370 e. The van der Waals surface area contributed by atoms with Crippen molar-refractivity contribution in [2.75, 3.05) is 11.9 Å². The Labute approximate surface area is 114 Å². The van der Waals surface area contributed by atoms with Crippen molar-refractivity contribution >= 4 is 22.8 Å². The second-order valence-electron chi connectivity index (χ2n) is 4.12. The molecule has 0 aliphatic heterocycles. The van der Waals surface area contributed by atoms with Crippen molar-refractivity contribution in [3.63, 3.8) is 0 Å². The Bertz CT molecular complexity index is 597. The lowest BCUT2D eigenvalue weighted by molar-refractivity contribution is -0.385. The normalized spacial score (nSPS) is 10.4. The van der Waals surface area contributed by atoms with E-state index in [2.05, 4.69) is 15.3 Å². The molecule has 2 aromatic rings. The van der Waals surface area contributed by atoms with Crippen LogP contribution in [0.4, 0.5) is 11.5 Å². The van der Waals surface area contributed by atoms with Gasteiger partial charge in [0.05, 0.1) is 9.93 Å². The van der Waals surface area contributed by atoms with Crippen LogP contribution in [0.25, 0.3) is 0 Å². The van der Waals surface area contributed by atoms with Gasteiger partial charge >= 0.3 is 0 Å². The molecule has 0 fully saturated rings. The van der Waals surface area contributed by atoms with Gasteiger partial charge in [-0.15, -0.1) is 11.3 Å². The van der Waals surface area contributed by atoms with Crippen molar-refractivity contribution in [3.8, 4) is 0 Å². The van der Waals surface area contributed by atoms with Gasteiger partial charge in [0, 0.05) is 30.1 Å². The number of rotatable bonds is 5. The van der Waals surface area contributed by atoms with E-state index < -0.39 is 4.92 Å². The first-order valence-electron chi connectivity index (χ1n) is 5.83. The van der Waals surface area contributed by atoms with Crippen molar-refractivity contribution in [2.24, 2.45) is 0 Å². The predicted octanol–water partition coefficient (Wildman–Crippen LogP) is 2.72. The zero-order valence-electron chi connectivity index (χ0n) is 10.7. The molecule has 0 spiro atoms. The van der Waals surface area contributed by atoms with Crippen LogP contribution in [-0.2, 0) is 6.42 Å². The summed E-state index contributed by atoms with van der Waals surface area (Å²) >= 11 is 1.63. The third-order valence-corrected chi connectivity index (χ3v) is 3.59. The average Bonchev–Trinajstić information content (AvgIpc) is 2.75. The number of nitro groups is 1. The van der Waals surface area contributed by atoms with Gasteiger partial charge < -0.3 is 5.32 Å². The smallest absolute Gasteiger partial charge is 0.290 e. The lowest BCUT2D eigenvalue weighted by atomic mass is 10.3. The Morgan fingerprint density at radius 2 is 2.16 bits per heavy atom. The Balaban J connectivity index is 1.93. The molecule has 7 heteroatoms. The zero-order valence-corrected chi connectivity index (χ0v) is 11.5. The Morgan fingerprint density at radius 3 is 2.74 bits per heavy atom. The fourth-order valence-electron chi connectivity index (χ4n) is 1.66. The van der Waals surface area contributed by atoms with Gasteiger partial charge in [-0.05, 0) is 19.9 Å². The molecule has 0 aliphatic rings. The fourth-order valence-corrected chi connectivity index (χ4v) is 2.44. The first-order chi connectivity index (χ1) is 9.06. The van der Waals surface area contributed by atoms with Gasteiger partial charge in [0.15, 0.2) is 0 Å². The van der Waals surface area contributed by atoms with Crippen LogP contribution >= 0.6 is 11.3 Å². The van der Waals surface area contributed by atoms with E-state index in [0.717, 1.165) is 17.1 Å². The van der Waals surface area contributed by atoms with Gasteiger partial charge in [-0.1, -0.05) is 0 Å². The van der Waals surface area contributed by atoms with E-state index in [-0.39, 0.29) is 5.69 Å². The molecule has 0 saturated carbocycles. The van der Waals surface area contributed by atoms with Gasteiger partial charge in [0.2, 0.25) is 0 Å². The third kappa shape index (κ3) is 3.47. The quantitative estimate of drug-likeness (QED) is 0.671. The third-order valence-electron chi connectivity index (χ3n) is 2.57. The number of anilines is 1. The van der Waals surface area contributed by atoms with Crippen LogP contribution in [0.15, 0.2) is 17.5 Å². The van der Waals surface area contributed by atoms with Gasteiger partial charge in [-0.25, -0.2) is 9.97 Å². The number of aromatic nitrogens is 2. The number of nitrogens with zero attached hydrogens (tertiary/aromatic N) is 3. The zero-order chi connectivity index (χ0) is 13.8. The summed E-state index contributed by atoms with van der Waals surface area (Å²) in [5.74, 6) is 0.649. The first-order valence-corrected chi connectivity index (χ1v) is 6.71. The lowest BCUT2D eigenvalue weighted by Gasteiger charge is -2.05. The molecule has 2 aromatic heterocycles. The van der Waals surface area contributed by atoms with Crippen LogP contribution in [0.1, 0.15) is 16.4 Å². The van der Waals surface area contributed by atoms with E-state index in [0.29, 0.717) is 18.1 Å². The largest absolute Gasteiger partial charge is 0.370 e. The van der Waals surface area contributed by atoms with E-state index in [1.54, 1.807) is 24.3 Å². The number of aryl methyl sites for hydroxylation is 2. The van der Waals surface area contributed by atoms with E-state index in [9.17, 15) is 10.1 Å². The number of thiazole rings is 1. The maximum atomic E-state index is 10.7. The fraction of sp³-hybridized carbons (Fsp3) is 0.333. The van der Waals surface area contributed by atoms with Crippen LogP contribution < -0.4 is 5.32 Å². The molecule has 0 radical (unpaired) electrons. The van der Waals surface area contributed by atoms with E-state index in [4.69, 9.17) is 0 Å². The van der Waals surface area contributed by atoms with E-state index in [1.165, 1.54) is 6.07 Å². The number of nitrogens with one attached hydrogen (secondary N) is 1. The molecule has 0 aromatic carbocycles. The Kier molecular flexibility index (Phi) is 4.06. The molecule has 0 bridgehead atoms. The molecule has 0 unspecified atom stereocenters. The molecule has 0 aliphatic carbocycles. The van der Waals surface area contributed by atoms with Gasteiger partial charge in [0.25, 0.3) is 5.69 Å². The monoisotopic (exact) mass is 278 g/mol. The van der Waals surface area contributed by atoms with Gasteiger partial charge in [-0.2, -0.15) is 0 Å². The molecule has 0 saturated heterocycles. The van der Waals surface area contributed by atoms with Crippen LogP contribution in [0.3, 0.4) is 0 Å². The van der Waals surface area contributed by atoms with Crippen molar-refractivity contribution in [1.82, 2.24) is 9.97 Å². The summed E-state index contributed by atoms with van der Waals surface area (Å²) in [5.41, 5.74) is 1.49. The summed E-state index contributed by atoms with van der Waals surface area (Å²) < 4.78 is 0. The van der Waals surface area contributed by atoms with E-state index in [1.807, 2.05) is 12.3 Å². The topological polar surface area (TPSA) is 81.0 Å². The molecule has 6 nitrogen and oxygen atoms in total. The standard InChI is InChI=1S/C12H14N4O2S/c1-8-7-19-12(14-8)5-6-13-11-4-3-10(16(17)18)9(2)15-11/h3-4,7H,5-6H2,1-2H3,(H,13,15). The summed E-state index contributed by atoms with van der Waals surface area (Å²) in [5, 5.41) is 16.9. The highest BCUT2D eigenvalue weighted by Gasteiger charge is 2.11. The molecular weight excluding hydrogens is 264 g/mol. The molecule has 2 heterocycles. The van der Waals surface area contributed by atoms with Crippen LogP contribution in [0.2, 0.25) is 0 Å². The maximum absolute atomic E-state index is 10.7. The van der Waals surface area contributed by atoms with Gasteiger partial charge in [0.1, 0.15) is 11.5 Å². The minimum atomic E-state index is -0.426. The predicted molar refractivity (Wildman–Crippen MR) is 74.7 cm³/mol. The highest BCUT2D eigenvalue weighted by atomic mass is 32.1. The molecule has 0 atom stereocenters. The summed E-state index contributed by atoms with van der Waals surface area (Å²) in [6.45, 7) is 4.30. The number of hydrogen-bond acceptors (Lipinski definition) is 6.